The van der Waals surface area contributed by atoms with Gasteiger partial charge in [-0.15, -0.1) is 20.5 Å². The second-order valence-electron chi connectivity index (χ2n) is 17.2. The molecule has 2 amide bonds. The Morgan fingerprint density at radius 1 is 0.543 bits per heavy atom. The first-order chi connectivity index (χ1) is 43.0. The number of phenolic OH excluding ortho intramolecular Hbond substituents is 2. The average Bonchev–Trinajstić information content (AvgIpc) is 0.766. The molecule has 0 aliphatic heterocycles. The maximum absolute atomic E-state index is 12.8. The zero-order valence-corrected chi connectivity index (χ0v) is 59.6. The fraction of sp³-hybridized carbons (Fsp3) is 0.0870. The van der Waals surface area contributed by atoms with E-state index in [2.05, 4.69) is 111 Å². The number of hydrogen-bond donors (Lipinski definition) is 12. The predicted octanol–water partition coefficient (Wildman–Crippen LogP) is -9.00. The number of azo groups is 2. The van der Waals surface area contributed by atoms with E-state index in [9.17, 15) is 76.1 Å². The van der Waals surface area contributed by atoms with Crippen LogP contribution in [0.4, 0.5) is 57.9 Å². The van der Waals surface area contributed by atoms with E-state index in [1.54, 1.807) is 0 Å². The van der Waals surface area contributed by atoms with Crippen molar-refractivity contribution >= 4 is 148 Å². The monoisotopic (exact) mass is 1410 g/mol. The molecule has 6 aromatic carbocycles. The standard InChI is InChI=1S/C46H40N18O22S4.4Na/c47-81-39(69)23-7-1-3-9-25(23)57-61-35-29(88-86-84-74)15-20-14-22(89(75,76)77)18-28(34(20)37(35)67)50-42-52-44(56-46(72)54-42)64-60-32(66)12-6-5-11-31(65)59-63-43-51-41(53-45(71)55-43)49-27-17-21(87-85-83-73)13-19-16-30(90(78,79)80)36(38(68)33(19)27)62-58-26-10-4-2-8-24(26)40(70)82-48;;;;/h1-4,7-10,13-18,67-68,73-74H,5-6,11-12,47-48H2,(H,59,65)(H,60,66)(H,75,76,77)(H,78,79,80)(H3,49,51,53,55,63,71)(H3,50,52,54,56,64,72);;;;/q;4*+1/p-4. The Bertz CT molecular complexity index is 4430. The molecular formula is C46H36N18Na4O22S4. The molecule has 14 N–H and O–H groups in total. The number of nitrogens with zero attached hydrogens (tertiary/aromatic N) is 10. The van der Waals surface area contributed by atoms with Gasteiger partial charge in [-0.2, -0.15) is 50.4 Å². The average molecular weight is 1410 g/mol. The molecule has 2 heterocycles. The molecule has 0 spiro atoms. The number of carbonyl (C=O) groups excluding carboxylic acids is 4. The number of amides is 2. The number of aromatic hydroxyl groups is 4. The first-order valence-electron chi connectivity index (χ1n) is 24.2. The molecule has 40 nitrogen and oxygen atoms in total. The van der Waals surface area contributed by atoms with Crippen LogP contribution in [0.3, 0.4) is 0 Å². The van der Waals surface area contributed by atoms with Crippen LogP contribution in [-0.2, 0) is 58.2 Å². The number of rotatable bonds is 27. The quantitative estimate of drug-likeness (QED) is 0.00433. The van der Waals surface area contributed by atoms with Crippen molar-refractivity contribution in [3.8, 4) is 23.5 Å². The van der Waals surface area contributed by atoms with Gasteiger partial charge in [0.05, 0.1) is 61.3 Å². The van der Waals surface area contributed by atoms with E-state index in [1.165, 1.54) is 54.6 Å². The SMILES string of the molecule is NOC(=O)c1ccccc1N=Nc1c(SOO[O-])cc2cc(S(=O)(=O)[O-])cc(Nc3nc(O)nc(NNC(=O)CCCCC(=O)NNc4nc(O)nc(Nc5cc(SOO[O-])cc6cc(S(=O)(=O)[O-])c(N=Nc7ccccc7C(=O)ON)c(O)c56)n4)n3)c2c1O.[Na+].[Na+].[Na+].[Na+]. The van der Waals surface area contributed by atoms with E-state index in [0.717, 1.165) is 30.3 Å². The Morgan fingerprint density at radius 3 is 1.47 bits per heavy atom. The number of hydrazine groups is 2. The summed E-state index contributed by atoms with van der Waals surface area (Å²) in [7, 11) is -10.7. The minimum Gasteiger partial charge on any atom is -0.744 e. The molecule has 8 aromatic rings. The van der Waals surface area contributed by atoms with Crippen LogP contribution in [-0.4, -0.2) is 100 Å². The Kier molecular flexibility index (Phi) is 31.1. The summed E-state index contributed by atoms with van der Waals surface area (Å²) in [4.78, 5) is 79.3. The largest absolute Gasteiger partial charge is 1.00 e. The fourth-order valence-electron chi connectivity index (χ4n) is 7.80. The molecule has 94 heavy (non-hydrogen) atoms. The summed E-state index contributed by atoms with van der Waals surface area (Å²) in [6.45, 7) is 0. The molecule has 0 radical (unpaired) electrons. The summed E-state index contributed by atoms with van der Waals surface area (Å²) in [6, 6.07) is 14.8. The van der Waals surface area contributed by atoms with Gasteiger partial charge in [-0.25, -0.2) is 26.4 Å². The maximum atomic E-state index is 12.8. The molecule has 0 atom stereocenters. The third-order valence-corrected chi connectivity index (χ3v) is 14.3. The Balaban J connectivity index is 0.00000470. The van der Waals surface area contributed by atoms with Gasteiger partial charge in [0.15, 0.2) is 11.5 Å². The summed E-state index contributed by atoms with van der Waals surface area (Å²) in [5, 5.41) is 92.2. The van der Waals surface area contributed by atoms with Crippen molar-refractivity contribution in [3.05, 3.63) is 96.1 Å². The summed E-state index contributed by atoms with van der Waals surface area (Å²) in [6.07, 6.45) is -0.321. The van der Waals surface area contributed by atoms with Gasteiger partial charge in [0.1, 0.15) is 43.0 Å². The van der Waals surface area contributed by atoms with Crippen molar-refractivity contribution in [2.45, 2.75) is 45.3 Å². The summed E-state index contributed by atoms with van der Waals surface area (Å²) in [5.74, 6) is 2.63. The van der Waals surface area contributed by atoms with E-state index in [4.69, 9.17) is 11.8 Å². The smallest absolute Gasteiger partial charge is 0.744 e. The zero-order chi connectivity index (χ0) is 64.9. The van der Waals surface area contributed by atoms with Crippen LogP contribution in [0.15, 0.2) is 125 Å². The van der Waals surface area contributed by atoms with E-state index >= 15 is 0 Å². The molecule has 0 saturated carbocycles. The van der Waals surface area contributed by atoms with Crippen molar-refractivity contribution in [2.24, 2.45) is 32.3 Å². The van der Waals surface area contributed by atoms with E-state index in [1.807, 2.05) is 0 Å². The second-order valence-corrected chi connectivity index (χ2v) is 21.5. The van der Waals surface area contributed by atoms with Crippen molar-refractivity contribution in [3.63, 3.8) is 0 Å². The van der Waals surface area contributed by atoms with Gasteiger partial charge in [0.25, 0.3) is 0 Å². The summed E-state index contributed by atoms with van der Waals surface area (Å²) >= 11 is 0.477. The maximum Gasteiger partial charge on any atom is 1.00 e. The van der Waals surface area contributed by atoms with Crippen LogP contribution in [0, 0.1) is 0 Å². The number of aromatic nitrogens is 6. The second kappa shape index (κ2) is 36.6. The molecule has 0 bridgehead atoms. The number of phenols is 2. The van der Waals surface area contributed by atoms with Crippen LogP contribution < -0.4 is 173 Å². The Hall–Kier alpha value is -6.46. The van der Waals surface area contributed by atoms with Crippen molar-refractivity contribution in [2.75, 3.05) is 21.5 Å². The van der Waals surface area contributed by atoms with Gasteiger partial charge in [-0.1, -0.05) is 24.3 Å². The predicted molar refractivity (Wildman–Crippen MR) is 295 cm³/mol. The first kappa shape index (κ1) is 80.0. The number of unbranched alkanes of at least 4 members (excludes halogenated alkanes) is 1. The number of anilines is 6. The van der Waals surface area contributed by atoms with Crippen molar-refractivity contribution in [1.29, 1.82) is 0 Å². The summed E-state index contributed by atoms with van der Waals surface area (Å²) in [5.41, 5.74) is 6.43. The molecule has 2 aromatic heterocycles. The van der Waals surface area contributed by atoms with Gasteiger partial charge in [0.2, 0.25) is 35.6 Å². The van der Waals surface area contributed by atoms with E-state index < -0.39 is 118 Å². The minimum atomic E-state index is -5.46. The van der Waals surface area contributed by atoms with Gasteiger partial charge in [-0.05, 0) is 84.3 Å². The number of fused-ring (bicyclic) bond motifs is 2. The third kappa shape index (κ3) is 21.0. The Morgan fingerprint density at radius 2 is 0.989 bits per heavy atom. The van der Waals surface area contributed by atoms with Crippen LogP contribution in [0.2, 0.25) is 0 Å². The van der Waals surface area contributed by atoms with Crippen LogP contribution in [0.25, 0.3) is 21.5 Å². The van der Waals surface area contributed by atoms with Crippen LogP contribution >= 0.6 is 24.1 Å². The molecule has 470 valence electrons. The van der Waals surface area contributed by atoms with Gasteiger partial charge in [0, 0.05) is 28.5 Å². The van der Waals surface area contributed by atoms with Crippen molar-refractivity contribution < 1.29 is 223 Å². The Labute approximate surface area is 622 Å². The van der Waals surface area contributed by atoms with E-state index in [0.29, 0.717) is 12.0 Å². The fourth-order valence-corrected chi connectivity index (χ4v) is 9.92. The molecule has 48 heteroatoms. The molecule has 0 unspecified atom stereocenters. The number of hydrogen-bond acceptors (Lipinski definition) is 40. The summed E-state index contributed by atoms with van der Waals surface area (Å²) < 4.78 is 83.3. The van der Waals surface area contributed by atoms with Crippen molar-refractivity contribution in [1.82, 2.24) is 40.8 Å². The molecule has 0 saturated heterocycles. The number of nitrogens with two attached hydrogens (primary N) is 2. The molecular weight excluding hydrogens is 1380 g/mol. The van der Waals surface area contributed by atoms with Crippen LogP contribution in [0.1, 0.15) is 46.4 Å². The number of nitrogens with one attached hydrogen (secondary N) is 6. The topological polar surface area (TPSA) is 616 Å². The molecule has 8 rings (SSSR count). The molecule has 0 aliphatic carbocycles. The molecule has 0 fully saturated rings. The first-order valence-corrected chi connectivity index (χ1v) is 28.5. The van der Waals surface area contributed by atoms with Gasteiger partial charge >= 0.3 is 142 Å². The minimum absolute atomic E-state index is 0. The molecule has 0 aliphatic rings. The van der Waals surface area contributed by atoms with E-state index in [-0.39, 0.29) is 215 Å². The van der Waals surface area contributed by atoms with Crippen LogP contribution in [0.5, 0.6) is 23.5 Å². The van der Waals surface area contributed by atoms with Gasteiger partial charge < -0.3 is 60.4 Å². The number of benzene rings is 6. The normalized spacial score (nSPS) is 11.2. The zero-order valence-electron chi connectivity index (χ0n) is 48.3. The third-order valence-electron chi connectivity index (χ3n) is 11.5. The van der Waals surface area contributed by atoms with Gasteiger partial charge in [-0.3, -0.25) is 41.4 Å². The number of carbonyl (C=O) groups is 4.